The lowest BCUT2D eigenvalue weighted by atomic mass is 10.4. The van der Waals surface area contributed by atoms with Gasteiger partial charge in [-0.15, -0.1) is 0 Å². The summed E-state index contributed by atoms with van der Waals surface area (Å²) in [6.45, 7) is 2.05. The zero-order valence-corrected chi connectivity index (χ0v) is 8.65. The molecular formula is C9H16N2O3. The van der Waals surface area contributed by atoms with Gasteiger partial charge < -0.3 is 9.64 Å². The first-order valence-corrected chi connectivity index (χ1v) is 4.66. The highest BCUT2D eigenvalue weighted by Crippen LogP contribution is 2.02. The van der Waals surface area contributed by atoms with Crippen LogP contribution >= 0.6 is 0 Å². The SMILES string of the molecule is COC(=O)CN1CCCN(C)C(=O)C1. The molecule has 1 rings (SSSR count). The summed E-state index contributed by atoms with van der Waals surface area (Å²) >= 11 is 0. The van der Waals surface area contributed by atoms with Gasteiger partial charge in [-0.25, -0.2) is 0 Å². The van der Waals surface area contributed by atoms with Crippen LogP contribution in [0.2, 0.25) is 0 Å². The first-order valence-electron chi connectivity index (χ1n) is 4.66. The highest BCUT2D eigenvalue weighted by molar-refractivity contribution is 5.79. The van der Waals surface area contributed by atoms with Gasteiger partial charge in [-0.1, -0.05) is 0 Å². The van der Waals surface area contributed by atoms with Crippen molar-refractivity contribution in [3.8, 4) is 0 Å². The maximum Gasteiger partial charge on any atom is 0.319 e. The summed E-state index contributed by atoms with van der Waals surface area (Å²) in [6, 6.07) is 0. The van der Waals surface area contributed by atoms with Crippen LogP contribution < -0.4 is 0 Å². The molecule has 0 radical (unpaired) electrons. The molecule has 0 saturated carbocycles. The van der Waals surface area contributed by atoms with Gasteiger partial charge in [0.05, 0.1) is 20.2 Å². The van der Waals surface area contributed by atoms with E-state index >= 15 is 0 Å². The molecule has 0 aliphatic carbocycles. The zero-order chi connectivity index (χ0) is 10.6. The second kappa shape index (κ2) is 4.95. The molecule has 0 N–H and O–H groups in total. The van der Waals surface area contributed by atoms with Crippen LogP contribution in [0, 0.1) is 0 Å². The molecule has 0 atom stereocenters. The lowest BCUT2D eigenvalue weighted by Crippen LogP contribution is -2.37. The van der Waals surface area contributed by atoms with E-state index in [1.165, 1.54) is 7.11 Å². The summed E-state index contributed by atoms with van der Waals surface area (Å²) in [5.41, 5.74) is 0. The van der Waals surface area contributed by atoms with Gasteiger partial charge in [0.25, 0.3) is 0 Å². The Morgan fingerprint density at radius 1 is 1.50 bits per heavy atom. The van der Waals surface area contributed by atoms with E-state index in [4.69, 9.17) is 0 Å². The van der Waals surface area contributed by atoms with Crippen molar-refractivity contribution in [1.82, 2.24) is 9.80 Å². The summed E-state index contributed by atoms with van der Waals surface area (Å²) in [5, 5.41) is 0. The van der Waals surface area contributed by atoms with E-state index in [2.05, 4.69) is 4.74 Å². The Bertz CT molecular complexity index is 230. The van der Waals surface area contributed by atoms with E-state index in [0.29, 0.717) is 6.54 Å². The zero-order valence-electron chi connectivity index (χ0n) is 8.65. The molecule has 0 unspecified atom stereocenters. The van der Waals surface area contributed by atoms with E-state index in [9.17, 15) is 9.59 Å². The topological polar surface area (TPSA) is 49.9 Å². The summed E-state index contributed by atoms with van der Waals surface area (Å²) < 4.78 is 4.55. The molecule has 0 aromatic heterocycles. The number of rotatable bonds is 2. The van der Waals surface area contributed by atoms with Crippen molar-refractivity contribution in [3.63, 3.8) is 0 Å². The van der Waals surface area contributed by atoms with Gasteiger partial charge in [-0.05, 0) is 6.42 Å². The first-order chi connectivity index (χ1) is 6.63. The van der Waals surface area contributed by atoms with Crippen molar-refractivity contribution >= 4 is 11.9 Å². The second-order valence-corrected chi connectivity index (χ2v) is 3.46. The number of methoxy groups -OCH3 is 1. The Kier molecular flexibility index (Phi) is 3.88. The third kappa shape index (κ3) is 2.99. The molecule has 80 valence electrons. The minimum atomic E-state index is -0.289. The number of hydrogen-bond donors (Lipinski definition) is 0. The van der Waals surface area contributed by atoms with E-state index in [-0.39, 0.29) is 18.4 Å². The van der Waals surface area contributed by atoms with Gasteiger partial charge in [0.15, 0.2) is 0 Å². The lowest BCUT2D eigenvalue weighted by Gasteiger charge is -2.17. The van der Waals surface area contributed by atoms with Crippen LogP contribution in [0.4, 0.5) is 0 Å². The Balaban J connectivity index is 2.46. The maximum absolute atomic E-state index is 11.4. The molecule has 5 nitrogen and oxygen atoms in total. The van der Waals surface area contributed by atoms with Gasteiger partial charge in [0, 0.05) is 20.1 Å². The van der Waals surface area contributed by atoms with E-state index in [0.717, 1.165) is 19.5 Å². The largest absolute Gasteiger partial charge is 0.468 e. The molecular weight excluding hydrogens is 184 g/mol. The number of likely N-dealkylation sites (N-methyl/N-ethyl adjacent to an activating group) is 1. The number of carbonyl (C=O) groups is 2. The van der Waals surface area contributed by atoms with Crippen molar-refractivity contribution in [2.24, 2.45) is 0 Å². The van der Waals surface area contributed by atoms with Crippen LogP contribution in [0.15, 0.2) is 0 Å². The van der Waals surface area contributed by atoms with Crippen LogP contribution in [0.25, 0.3) is 0 Å². The Labute approximate surface area is 83.6 Å². The molecule has 5 heteroatoms. The molecule has 1 saturated heterocycles. The third-order valence-corrected chi connectivity index (χ3v) is 2.33. The van der Waals surface area contributed by atoms with E-state index in [1.807, 2.05) is 4.90 Å². The van der Waals surface area contributed by atoms with E-state index in [1.54, 1.807) is 11.9 Å². The monoisotopic (exact) mass is 200 g/mol. The summed E-state index contributed by atoms with van der Waals surface area (Å²) in [7, 11) is 3.14. The summed E-state index contributed by atoms with van der Waals surface area (Å²) in [5.74, 6) is -0.228. The highest BCUT2D eigenvalue weighted by atomic mass is 16.5. The highest BCUT2D eigenvalue weighted by Gasteiger charge is 2.20. The minimum absolute atomic E-state index is 0.0615. The minimum Gasteiger partial charge on any atom is -0.468 e. The predicted octanol–water partition coefficient (Wildman–Crippen LogP) is -0.676. The molecule has 1 heterocycles. The summed E-state index contributed by atoms with van der Waals surface area (Å²) in [4.78, 5) is 25.9. The normalized spacial score (nSPS) is 19.3. The van der Waals surface area contributed by atoms with Crippen molar-refractivity contribution in [2.75, 3.05) is 40.3 Å². The average molecular weight is 200 g/mol. The summed E-state index contributed by atoms with van der Waals surface area (Å²) in [6.07, 6.45) is 0.902. The van der Waals surface area contributed by atoms with Crippen LogP contribution in [-0.2, 0) is 14.3 Å². The van der Waals surface area contributed by atoms with Crippen LogP contribution in [0.3, 0.4) is 0 Å². The van der Waals surface area contributed by atoms with Gasteiger partial charge in [0.1, 0.15) is 0 Å². The van der Waals surface area contributed by atoms with Gasteiger partial charge >= 0.3 is 5.97 Å². The van der Waals surface area contributed by atoms with Crippen LogP contribution in [0.5, 0.6) is 0 Å². The molecule has 0 aromatic carbocycles. The molecule has 1 amide bonds. The van der Waals surface area contributed by atoms with Crippen molar-refractivity contribution < 1.29 is 14.3 Å². The number of esters is 1. The standard InChI is InChI=1S/C9H16N2O3/c1-10-4-3-5-11(6-8(10)12)7-9(13)14-2/h3-7H2,1-2H3. The number of carbonyl (C=O) groups excluding carboxylic acids is 2. The quantitative estimate of drug-likeness (QED) is 0.554. The first kappa shape index (κ1) is 11.0. The molecule has 1 aliphatic heterocycles. The van der Waals surface area contributed by atoms with Crippen molar-refractivity contribution in [2.45, 2.75) is 6.42 Å². The van der Waals surface area contributed by atoms with Crippen molar-refractivity contribution in [1.29, 1.82) is 0 Å². The molecule has 0 spiro atoms. The number of hydrogen-bond acceptors (Lipinski definition) is 4. The van der Waals surface area contributed by atoms with Gasteiger partial charge in [-0.3, -0.25) is 14.5 Å². The van der Waals surface area contributed by atoms with Gasteiger partial charge in [-0.2, -0.15) is 0 Å². The van der Waals surface area contributed by atoms with Crippen LogP contribution in [0.1, 0.15) is 6.42 Å². The fourth-order valence-electron chi connectivity index (χ4n) is 1.43. The predicted molar refractivity (Wildman–Crippen MR) is 50.7 cm³/mol. The maximum atomic E-state index is 11.4. The molecule has 1 aliphatic rings. The second-order valence-electron chi connectivity index (χ2n) is 3.46. The Hall–Kier alpha value is -1.10. The number of nitrogens with zero attached hydrogens (tertiary/aromatic N) is 2. The molecule has 14 heavy (non-hydrogen) atoms. The average Bonchev–Trinajstić information content (AvgIpc) is 2.30. The smallest absolute Gasteiger partial charge is 0.319 e. The third-order valence-electron chi connectivity index (χ3n) is 2.33. The lowest BCUT2D eigenvalue weighted by molar-refractivity contribution is -0.142. The molecule has 1 fully saturated rings. The molecule has 0 aromatic rings. The fraction of sp³-hybridized carbons (Fsp3) is 0.778. The molecule has 0 bridgehead atoms. The number of amides is 1. The fourth-order valence-corrected chi connectivity index (χ4v) is 1.43. The van der Waals surface area contributed by atoms with Crippen molar-refractivity contribution in [3.05, 3.63) is 0 Å². The number of ether oxygens (including phenoxy) is 1. The van der Waals surface area contributed by atoms with E-state index < -0.39 is 0 Å². The van der Waals surface area contributed by atoms with Crippen LogP contribution in [-0.4, -0.2) is 62.0 Å². The van der Waals surface area contributed by atoms with Gasteiger partial charge in [0.2, 0.25) is 5.91 Å². The Morgan fingerprint density at radius 3 is 2.86 bits per heavy atom. The Morgan fingerprint density at radius 2 is 2.21 bits per heavy atom.